The highest BCUT2D eigenvalue weighted by molar-refractivity contribution is 7.85. The molecule has 0 amide bonds. The molecule has 32 heavy (non-hydrogen) atoms. The summed E-state index contributed by atoms with van der Waals surface area (Å²) in [5.41, 5.74) is -0.0341. The minimum absolute atomic E-state index is 0.169. The maximum atomic E-state index is 14.5. The number of nitro groups is 2. The van der Waals surface area contributed by atoms with Crippen molar-refractivity contribution in [1.29, 1.82) is 0 Å². The Hall–Kier alpha value is -3.38. The molecule has 0 N–H and O–H groups in total. The third-order valence-corrected chi connectivity index (χ3v) is 8.27. The van der Waals surface area contributed by atoms with Crippen LogP contribution < -0.4 is 15.9 Å². The first-order valence-electron chi connectivity index (χ1n) is 10.1. The lowest BCUT2D eigenvalue weighted by atomic mass is 10.1. The van der Waals surface area contributed by atoms with Crippen molar-refractivity contribution in [3.8, 4) is 0 Å². The summed E-state index contributed by atoms with van der Waals surface area (Å²) in [5.74, 6) is 0. The summed E-state index contributed by atoms with van der Waals surface area (Å²) in [6, 6.07) is 17.0. The number of benzene rings is 3. The fraction of sp³-hybridized carbons (Fsp3) is 0.217. The summed E-state index contributed by atoms with van der Waals surface area (Å²) in [4.78, 5) is 21.4. The fourth-order valence-electron chi connectivity index (χ4n) is 3.50. The van der Waals surface area contributed by atoms with Crippen LogP contribution in [0.5, 0.6) is 0 Å². The van der Waals surface area contributed by atoms with E-state index in [0.717, 1.165) is 12.8 Å². The molecule has 0 saturated heterocycles. The van der Waals surface area contributed by atoms with Gasteiger partial charge >= 0.3 is 0 Å². The molecule has 0 radical (unpaired) electrons. The van der Waals surface area contributed by atoms with E-state index in [9.17, 15) is 29.2 Å². The smallest absolute Gasteiger partial charge is 0.270 e. The van der Waals surface area contributed by atoms with E-state index in [4.69, 9.17) is 0 Å². The Bertz CT molecular complexity index is 1120. The van der Waals surface area contributed by atoms with Crippen molar-refractivity contribution >= 4 is 34.4 Å². The van der Waals surface area contributed by atoms with E-state index < -0.39 is 23.2 Å². The molecule has 1 atom stereocenters. The van der Waals surface area contributed by atoms with Crippen LogP contribution in [0.15, 0.2) is 72.8 Å². The zero-order chi connectivity index (χ0) is 23.3. The summed E-state index contributed by atoms with van der Waals surface area (Å²) in [5, 5.41) is 23.2. The molecule has 0 spiro atoms. The number of hydrogen-bond donors (Lipinski definition) is 0. The monoisotopic (exact) mass is 456 g/mol. The molecule has 0 fully saturated rings. The summed E-state index contributed by atoms with van der Waals surface area (Å²) < 4.78 is 28.9. The normalized spacial score (nSPS) is 12.3. The quantitative estimate of drug-likeness (QED) is 0.246. The van der Waals surface area contributed by atoms with Crippen LogP contribution in [0.4, 0.5) is 15.8 Å². The van der Waals surface area contributed by atoms with Crippen molar-refractivity contribution < 1.29 is 18.8 Å². The average molecular weight is 456 g/mol. The lowest BCUT2D eigenvalue weighted by molar-refractivity contribution is -0.384. The number of alkyl halides is 1. The van der Waals surface area contributed by atoms with Crippen LogP contribution in [-0.2, 0) is 4.57 Å². The van der Waals surface area contributed by atoms with Gasteiger partial charge in [0.2, 0.25) is 0 Å². The average Bonchev–Trinajstić information content (AvgIpc) is 2.82. The SMILES string of the molecule is CCCCC(F)c1ccc(P(=O)(c2cccc([N+](=O)[O-])c2)c2cccc([N+](=O)[O-])c2)cc1. The summed E-state index contributed by atoms with van der Waals surface area (Å²) >= 11 is 0. The zero-order valence-electron chi connectivity index (χ0n) is 17.4. The first kappa shape index (κ1) is 23.3. The Morgan fingerprint density at radius 3 is 1.78 bits per heavy atom. The number of non-ortho nitro benzene ring substituents is 2. The van der Waals surface area contributed by atoms with Gasteiger partial charge in [0, 0.05) is 40.2 Å². The number of hydrogen-bond acceptors (Lipinski definition) is 5. The van der Waals surface area contributed by atoms with E-state index in [1.165, 1.54) is 60.7 Å². The molecule has 0 heterocycles. The standard InChI is InChI=1S/C23H22FN2O5P/c1-2-3-10-23(24)17-11-13-20(14-12-17)32(31,21-8-4-6-18(15-21)25(27)28)22-9-5-7-19(16-22)26(29)30/h4-9,11-16,23H,2-3,10H2,1H3. The fourth-order valence-corrected chi connectivity index (χ4v) is 6.18. The van der Waals surface area contributed by atoms with Gasteiger partial charge in [0.15, 0.2) is 7.14 Å². The zero-order valence-corrected chi connectivity index (χ0v) is 18.3. The molecule has 166 valence electrons. The number of unbranched alkanes of at least 4 members (excludes halogenated alkanes) is 1. The van der Waals surface area contributed by atoms with Crippen molar-refractivity contribution in [2.45, 2.75) is 32.4 Å². The van der Waals surface area contributed by atoms with Gasteiger partial charge in [-0.25, -0.2) is 4.39 Å². The third-order valence-electron chi connectivity index (χ3n) is 5.24. The van der Waals surface area contributed by atoms with Crippen LogP contribution in [0, 0.1) is 20.2 Å². The predicted molar refractivity (Wildman–Crippen MR) is 123 cm³/mol. The molecule has 3 aromatic rings. The largest absolute Gasteiger partial charge is 0.309 e. The molecular weight excluding hydrogens is 434 g/mol. The van der Waals surface area contributed by atoms with Crippen molar-refractivity contribution in [2.24, 2.45) is 0 Å². The molecule has 3 aromatic carbocycles. The second kappa shape index (κ2) is 9.83. The van der Waals surface area contributed by atoms with Crippen molar-refractivity contribution in [2.75, 3.05) is 0 Å². The van der Waals surface area contributed by atoms with Crippen molar-refractivity contribution in [3.05, 3.63) is 98.6 Å². The molecule has 0 aliphatic rings. The number of halogens is 1. The first-order valence-corrected chi connectivity index (χ1v) is 11.8. The summed E-state index contributed by atoms with van der Waals surface area (Å²) in [7, 11) is -3.71. The minimum atomic E-state index is -3.71. The van der Waals surface area contributed by atoms with E-state index in [0.29, 0.717) is 17.3 Å². The Morgan fingerprint density at radius 2 is 1.34 bits per heavy atom. The van der Waals surface area contributed by atoms with Gasteiger partial charge in [-0.2, -0.15) is 0 Å². The topological polar surface area (TPSA) is 103 Å². The van der Waals surface area contributed by atoms with Crippen molar-refractivity contribution in [3.63, 3.8) is 0 Å². The molecule has 0 saturated carbocycles. The maximum absolute atomic E-state index is 14.5. The summed E-state index contributed by atoms with van der Waals surface area (Å²) in [6.07, 6.45) is 0.832. The third kappa shape index (κ3) is 4.75. The number of nitro benzene ring substituents is 2. The first-order chi connectivity index (χ1) is 15.3. The summed E-state index contributed by atoms with van der Waals surface area (Å²) in [6.45, 7) is 1.98. The van der Waals surface area contributed by atoms with E-state index in [2.05, 4.69) is 0 Å². The molecule has 0 aromatic heterocycles. The van der Waals surface area contributed by atoms with Crippen LogP contribution >= 0.6 is 7.14 Å². The Labute approximate surface area is 184 Å². The van der Waals surface area contributed by atoms with E-state index in [1.54, 1.807) is 12.1 Å². The highest BCUT2D eigenvalue weighted by Gasteiger charge is 2.32. The number of rotatable bonds is 9. The van der Waals surface area contributed by atoms with Gasteiger partial charge in [0.1, 0.15) is 6.17 Å². The number of nitrogens with zero attached hydrogens (tertiary/aromatic N) is 2. The van der Waals surface area contributed by atoms with Gasteiger partial charge in [-0.15, -0.1) is 0 Å². The van der Waals surface area contributed by atoms with Crippen LogP contribution in [0.3, 0.4) is 0 Å². The van der Waals surface area contributed by atoms with Gasteiger partial charge in [-0.1, -0.05) is 68.3 Å². The minimum Gasteiger partial charge on any atom is -0.309 e. The van der Waals surface area contributed by atoms with Gasteiger partial charge in [0.05, 0.1) is 9.85 Å². The maximum Gasteiger partial charge on any atom is 0.270 e. The van der Waals surface area contributed by atoms with Gasteiger partial charge < -0.3 is 4.57 Å². The second-order valence-electron chi connectivity index (χ2n) is 7.36. The lowest BCUT2D eigenvalue weighted by Gasteiger charge is -2.20. The molecule has 3 rings (SSSR count). The molecular formula is C23H22FN2O5P. The highest BCUT2D eigenvalue weighted by Crippen LogP contribution is 2.44. The van der Waals surface area contributed by atoms with Crippen LogP contribution in [-0.4, -0.2) is 9.85 Å². The van der Waals surface area contributed by atoms with Crippen LogP contribution in [0.25, 0.3) is 0 Å². The molecule has 0 aliphatic carbocycles. The molecule has 0 aliphatic heterocycles. The van der Waals surface area contributed by atoms with Crippen LogP contribution in [0.1, 0.15) is 37.9 Å². The highest BCUT2D eigenvalue weighted by atomic mass is 31.2. The Morgan fingerprint density at radius 1 is 0.844 bits per heavy atom. The van der Waals surface area contributed by atoms with Gasteiger partial charge in [-0.05, 0) is 12.0 Å². The van der Waals surface area contributed by atoms with E-state index in [1.807, 2.05) is 6.92 Å². The second-order valence-corrected chi connectivity index (χ2v) is 10.1. The Balaban J connectivity index is 2.16. The lowest BCUT2D eigenvalue weighted by Crippen LogP contribution is -2.25. The Kier molecular flexibility index (Phi) is 7.15. The predicted octanol–water partition coefficient (Wildman–Crippen LogP) is 5.34. The van der Waals surface area contributed by atoms with Crippen molar-refractivity contribution in [1.82, 2.24) is 0 Å². The van der Waals surface area contributed by atoms with E-state index >= 15 is 0 Å². The molecule has 0 bridgehead atoms. The van der Waals surface area contributed by atoms with E-state index in [-0.39, 0.29) is 22.0 Å². The van der Waals surface area contributed by atoms with Gasteiger partial charge in [-0.3, -0.25) is 20.2 Å². The molecule has 1 unspecified atom stereocenters. The van der Waals surface area contributed by atoms with Gasteiger partial charge in [0.25, 0.3) is 11.4 Å². The molecule has 9 heteroatoms. The van der Waals surface area contributed by atoms with Crippen LogP contribution in [0.2, 0.25) is 0 Å². The molecule has 7 nitrogen and oxygen atoms in total.